The van der Waals surface area contributed by atoms with E-state index in [0.29, 0.717) is 54.2 Å². The van der Waals surface area contributed by atoms with Crippen LogP contribution in [-0.2, 0) is 0 Å². The van der Waals surface area contributed by atoms with Crippen LogP contribution in [-0.4, -0.2) is 50.7 Å². The molecule has 0 saturated carbocycles. The van der Waals surface area contributed by atoms with Crippen molar-refractivity contribution in [1.82, 2.24) is 24.6 Å². The Morgan fingerprint density at radius 3 is 2.62 bits per heavy atom. The molecule has 9 nitrogen and oxygen atoms in total. The predicted molar refractivity (Wildman–Crippen MR) is 104 cm³/mol. The topological polar surface area (TPSA) is 106 Å². The van der Waals surface area contributed by atoms with Crippen molar-refractivity contribution in [2.45, 2.75) is 0 Å². The summed E-state index contributed by atoms with van der Waals surface area (Å²) < 4.78 is 15.1. The number of piperazine rings is 1. The number of nitrogens with one attached hydrogen (secondary N) is 1. The third-order valence-corrected chi connectivity index (χ3v) is 5.06. The highest BCUT2D eigenvalue weighted by atomic mass is 19.1. The molecule has 0 bridgehead atoms. The average Bonchev–Trinajstić information content (AvgIpc) is 3.15. The van der Waals surface area contributed by atoms with E-state index in [1.807, 2.05) is 6.07 Å². The van der Waals surface area contributed by atoms with E-state index in [1.54, 1.807) is 18.3 Å². The summed E-state index contributed by atoms with van der Waals surface area (Å²) in [5.41, 5.74) is 1.37. The number of rotatable bonds is 2. The van der Waals surface area contributed by atoms with Gasteiger partial charge in [-0.15, -0.1) is 5.10 Å². The van der Waals surface area contributed by atoms with Crippen molar-refractivity contribution in [2.24, 2.45) is 0 Å². The molecule has 5 rings (SSSR count). The second kappa shape index (κ2) is 6.56. The fourth-order valence-electron chi connectivity index (χ4n) is 3.60. The van der Waals surface area contributed by atoms with Crippen molar-refractivity contribution in [3.63, 3.8) is 0 Å². The van der Waals surface area contributed by atoms with Crippen molar-refractivity contribution in [3.05, 3.63) is 58.4 Å². The van der Waals surface area contributed by atoms with Gasteiger partial charge in [-0.25, -0.2) is 28.7 Å². The molecule has 144 valence electrons. The minimum Gasteiger partial charge on any atom is -0.353 e. The number of aromatic amines is 1. The molecule has 1 aliphatic heterocycles. The largest absolute Gasteiger partial charge is 0.353 e. The SMILES string of the molecule is N#Cc1ccc(N2CCN(c3nc4ccc(F)cc4n4c(=O)[nH]nc34)CC2)nc1. The number of anilines is 2. The van der Waals surface area contributed by atoms with Crippen molar-refractivity contribution < 1.29 is 4.39 Å². The number of nitrogens with zero attached hydrogens (tertiary/aromatic N) is 7. The van der Waals surface area contributed by atoms with Crippen LogP contribution in [0.4, 0.5) is 16.0 Å². The van der Waals surface area contributed by atoms with Gasteiger partial charge in [0, 0.05) is 38.4 Å². The highest BCUT2D eigenvalue weighted by Crippen LogP contribution is 2.24. The van der Waals surface area contributed by atoms with Crippen molar-refractivity contribution in [3.8, 4) is 6.07 Å². The summed E-state index contributed by atoms with van der Waals surface area (Å²) in [6.45, 7) is 2.70. The first-order valence-electron chi connectivity index (χ1n) is 9.06. The fourth-order valence-corrected chi connectivity index (χ4v) is 3.60. The summed E-state index contributed by atoms with van der Waals surface area (Å²) in [5, 5.41) is 15.5. The van der Waals surface area contributed by atoms with Crippen LogP contribution in [0.2, 0.25) is 0 Å². The predicted octanol–water partition coefficient (Wildman–Crippen LogP) is 1.30. The zero-order valence-corrected chi connectivity index (χ0v) is 15.2. The molecule has 1 fully saturated rings. The number of hydrogen-bond acceptors (Lipinski definition) is 7. The van der Waals surface area contributed by atoms with E-state index in [1.165, 1.54) is 16.5 Å². The summed E-state index contributed by atoms with van der Waals surface area (Å²) in [6, 6.07) is 9.81. The standard InChI is InChI=1S/C19H15FN8O/c20-13-2-3-14-15(9-13)28-18(24-25-19(28)29)17(23-14)27-7-5-26(6-8-27)16-4-1-12(10-21)11-22-16/h1-4,9,11H,5-8H2,(H,25,29). The number of H-pyrrole nitrogens is 1. The maximum absolute atomic E-state index is 13.7. The molecule has 3 aromatic heterocycles. The molecule has 4 aromatic rings. The summed E-state index contributed by atoms with van der Waals surface area (Å²) in [6.07, 6.45) is 1.56. The number of nitriles is 1. The second-order valence-electron chi connectivity index (χ2n) is 6.75. The molecular formula is C19H15FN8O. The van der Waals surface area contributed by atoms with Gasteiger partial charge in [0.2, 0.25) is 5.65 Å². The van der Waals surface area contributed by atoms with Gasteiger partial charge in [-0.1, -0.05) is 0 Å². The second-order valence-corrected chi connectivity index (χ2v) is 6.75. The minimum absolute atomic E-state index is 0.373. The first-order chi connectivity index (χ1) is 14.1. The van der Waals surface area contributed by atoms with Gasteiger partial charge in [0.1, 0.15) is 17.7 Å². The zero-order chi connectivity index (χ0) is 20.0. The summed E-state index contributed by atoms with van der Waals surface area (Å²) >= 11 is 0. The van der Waals surface area contributed by atoms with Gasteiger partial charge >= 0.3 is 5.69 Å². The molecule has 10 heteroatoms. The zero-order valence-electron chi connectivity index (χ0n) is 15.2. The molecule has 0 unspecified atom stereocenters. The molecule has 0 atom stereocenters. The molecule has 0 spiro atoms. The van der Waals surface area contributed by atoms with Gasteiger partial charge in [-0.3, -0.25) is 0 Å². The lowest BCUT2D eigenvalue weighted by molar-refractivity contribution is 0.628. The van der Waals surface area contributed by atoms with Crippen LogP contribution in [0.25, 0.3) is 16.7 Å². The molecule has 0 amide bonds. The molecule has 4 heterocycles. The quantitative estimate of drug-likeness (QED) is 0.550. The van der Waals surface area contributed by atoms with E-state index in [-0.39, 0.29) is 0 Å². The van der Waals surface area contributed by atoms with Crippen LogP contribution in [0.5, 0.6) is 0 Å². The molecule has 0 radical (unpaired) electrons. The number of halogens is 1. The number of pyridine rings is 1. The van der Waals surface area contributed by atoms with Crippen LogP contribution in [0.3, 0.4) is 0 Å². The third kappa shape index (κ3) is 2.84. The molecule has 29 heavy (non-hydrogen) atoms. The monoisotopic (exact) mass is 390 g/mol. The molecule has 1 aromatic carbocycles. The highest BCUT2D eigenvalue weighted by molar-refractivity contribution is 5.83. The Hall–Kier alpha value is -4.00. The lowest BCUT2D eigenvalue weighted by Crippen LogP contribution is -2.47. The Morgan fingerprint density at radius 1 is 1.10 bits per heavy atom. The smallest absolute Gasteiger partial charge is 0.348 e. The molecule has 1 N–H and O–H groups in total. The first kappa shape index (κ1) is 17.1. The van der Waals surface area contributed by atoms with E-state index >= 15 is 0 Å². The van der Waals surface area contributed by atoms with Crippen LogP contribution >= 0.6 is 0 Å². The van der Waals surface area contributed by atoms with Gasteiger partial charge in [-0.2, -0.15) is 5.26 Å². The maximum Gasteiger partial charge on any atom is 0.348 e. The number of aromatic nitrogens is 5. The van der Waals surface area contributed by atoms with Crippen LogP contribution in [0.15, 0.2) is 41.3 Å². The molecule has 1 aliphatic rings. The van der Waals surface area contributed by atoms with Gasteiger partial charge in [0.25, 0.3) is 0 Å². The number of hydrogen-bond donors (Lipinski definition) is 1. The van der Waals surface area contributed by atoms with E-state index in [2.05, 4.69) is 36.0 Å². The van der Waals surface area contributed by atoms with Crippen LogP contribution in [0, 0.1) is 17.1 Å². The normalized spacial score (nSPS) is 14.5. The van der Waals surface area contributed by atoms with E-state index in [4.69, 9.17) is 5.26 Å². The van der Waals surface area contributed by atoms with Gasteiger partial charge in [0.15, 0.2) is 5.82 Å². The van der Waals surface area contributed by atoms with E-state index < -0.39 is 11.5 Å². The number of fused-ring (bicyclic) bond motifs is 3. The minimum atomic E-state index is -0.440. The lowest BCUT2D eigenvalue weighted by atomic mass is 10.2. The van der Waals surface area contributed by atoms with Crippen molar-refractivity contribution in [2.75, 3.05) is 36.0 Å². The highest BCUT2D eigenvalue weighted by Gasteiger charge is 2.23. The summed E-state index contributed by atoms with van der Waals surface area (Å²) in [4.78, 5) is 25.4. The Bertz CT molecular complexity index is 1310. The van der Waals surface area contributed by atoms with Gasteiger partial charge in [0.05, 0.1) is 16.6 Å². The Labute approximate surface area is 163 Å². The molecule has 0 aliphatic carbocycles. The van der Waals surface area contributed by atoms with Crippen molar-refractivity contribution in [1.29, 1.82) is 5.26 Å². The van der Waals surface area contributed by atoms with E-state index in [0.717, 1.165) is 5.82 Å². The third-order valence-electron chi connectivity index (χ3n) is 5.06. The Kier molecular flexibility index (Phi) is 3.87. The molecule has 1 saturated heterocycles. The van der Waals surface area contributed by atoms with Crippen LogP contribution in [0.1, 0.15) is 5.56 Å². The van der Waals surface area contributed by atoms with Gasteiger partial charge in [-0.05, 0) is 24.3 Å². The maximum atomic E-state index is 13.7. The Morgan fingerprint density at radius 2 is 1.90 bits per heavy atom. The van der Waals surface area contributed by atoms with Crippen molar-refractivity contribution >= 4 is 28.3 Å². The molecular weight excluding hydrogens is 375 g/mol. The average molecular weight is 390 g/mol. The Balaban J connectivity index is 1.48. The van der Waals surface area contributed by atoms with E-state index in [9.17, 15) is 9.18 Å². The fraction of sp³-hybridized carbons (Fsp3) is 0.211. The van der Waals surface area contributed by atoms with Gasteiger partial charge < -0.3 is 9.80 Å². The lowest BCUT2D eigenvalue weighted by Gasteiger charge is -2.36. The summed E-state index contributed by atoms with van der Waals surface area (Å²) in [7, 11) is 0. The summed E-state index contributed by atoms with van der Waals surface area (Å²) in [5.74, 6) is 0.951. The first-order valence-corrected chi connectivity index (χ1v) is 9.06. The van der Waals surface area contributed by atoms with Crippen LogP contribution < -0.4 is 15.5 Å². The number of benzene rings is 1.